The Bertz CT molecular complexity index is 151. The standard InChI is InChI=1S/C6H13NO5.CH4/c7-3-5(10)4(9)2(1-8)12-6(3)11;/h2-6,8-11H,1,7H2;1H4/p+1/t2?,3?,4-,5+,6?;/m1./s1. The van der Waals surface area contributed by atoms with Crippen LogP contribution in [-0.2, 0) is 4.74 Å². The van der Waals surface area contributed by atoms with E-state index in [1.54, 1.807) is 0 Å². The number of rotatable bonds is 1. The molecule has 13 heavy (non-hydrogen) atoms. The molecular weight excluding hydrogens is 178 g/mol. The van der Waals surface area contributed by atoms with Gasteiger partial charge in [-0.25, -0.2) is 0 Å². The van der Waals surface area contributed by atoms with E-state index in [2.05, 4.69) is 5.73 Å². The van der Waals surface area contributed by atoms with E-state index in [0.29, 0.717) is 0 Å². The number of aliphatic hydroxyl groups excluding tert-OH is 4. The molecule has 0 aromatic carbocycles. The maximum Gasteiger partial charge on any atom is 0.211 e. The molecule has 5 atom stereocenters. The molecule has 1 heterocycles. The summed E-state index contributed by atoms with van der Waals surface area (Å²) in [5, 5.41) is 36.3. The minimum absolute atomic E-state index is 0. The van der Waals surface area contributed by atoms with Crippen LogP contribution in [0.4, 0.5) is 0 Å². The summed E-state index contributed by atoms with van der Waals surface area (Å²) in [6, 6.07) is -0.789. The fraction of sp³-hybridized carbons (Fsp3) is 1.00. The van der Waals surface area contributed by atoms with E-state index in [0.717, 1.165) is 0 Å². The first-order valence-corrected chi connectivity index (χ1v) is 3.71. The molecule has 0 amide bonds. The van der Waals surface area contributed by atoms with Gasteiger partial charge in [0.25, 0.3) is 0 Å². The molecule has 0 bridgehead atoms. The molecule has 1 fully saturated rings. The summed E-state index contributed by atoms with van der Waals surface area (Å²) in [5.74, 6) is 0. The van der Waals surface area contributed by atoms with Crippen LogP contribution in [0, 0.1) is 0 Å². The molecule has 1 rings (SSSR count). The van der Waals surface area contributed by atoms with Crippen molar-refractivity contribution in [1.29, 1.82) is 0 Å². The predicted octanol–water partition coefficient (Wildman–Crippen LogP) is -3.34. The Morgan fingerprint density at radius 2 is 1.69 bits per heavy atom. The van der Waals surface area contributed by atoms with Crippen LogP contribution in [0.15, 0.2) is 0 Å². The Morgan fingerprint density at radius 3 is 2.15 bits per heavy atom. The smallest absolute Gasteiger partial charge is 0.211 e. The maximum absolute atomic E-state index is 9.25. The van der Waals surface area contributed by atoms with Gasteiger partial charge in [-0.05, 0) is 0 Å². The molecule has 1 saturated heterocycles. The lowest BCUT2D eigenvalue weighted by Crippen LogP contribution is -2.77. The van der Waals surface area contributed by atoms with Crippen LogP contribution in [0.5, 0.6) is 0 Å². The Labute approximate surface area is 76.6 Å². The SMILES string of the molecule is C.[NH3+]C1C(O)OC(CO)[C@@H](O)[C@H]1O. The van der Waals surface area contributed by atoms with Crippen LogP contribution in [0.1, 0.15) is 7.43 Å². The Balaban J connectivity index is 0.00000144. The predicted molar refractivity (Wildman–Crippen MR) is 43.4 cm³/mol. The molecule has 0 saturated carbocycles. The summed E-state index contributed by atoms with van der Waals surface area (Å²) in [6.07, 6.45) is -4.53. The normalized spacial score (nSPS) is 45.5. The van der Waals surface area contributed by atoms with E-state index in [1.165, 1.54) is 0 Å². The first-order valence-electron chi connectivity index (χ1n) is 3.71. The summed E-state index contributed by atoms with van der Waals surface area (Å²) in [5.41, 5.74) is 3.41. The fourth-order valence-electron chi connectivity index (χ4n) is 1.15. The van der Waals surface area contributed by atoms with Crippen molar-refractivity contribution in [2.75, 3.05) is 6.61 Å². The van der Waals surface area contributed by atoms with Crippen molar-refractivity contribution in [3.05, 3.63) is 0 Å². The number of aliphatic hydroxyl groups is 4. The molecule has 0 radical (unpaired) electrons. The summed E-state index contributed by atoms with van der Waals surface area (Å²) >= 11 is 0. The van der Waals surface area contributed by atoms with Gasteiger partial charge in [0.1, 0.15) is 18.3 Å². The lowest BCUT2D eigenvalue weighted by Gasteiger charge is -2.36. The molecule has 6 nitrogen and oxygen atoms in total. The van der Waals surface area contributed by atoms with Gasteiger partial charge in [-0.1, -0.05) is 7.43 Å². The van der Waals surface area contributed by atoms with Crippen molar-refractivity contribution in [3.63, 3.8) is 0 Å². The summed E-state index contributed by atoms with van der Waals surface area (Å²) in [4.78, 5) is 0. The van der Waals surface area contributed by atoms with Gasteiger partial charge in [0.05, 0.1) is 6.61 Å². The van der Waals surface area contributed by atoms with Crippen LogP contribution in [-0.4, -0.2) is 57.7 Å². The van der Waals surface area contributed by atoms with Crippen LogP contribution in [0.25, 0.3) is 0 Å². The second kappa shape index (κ2) is 4.85. The van der Waals surface area contributed by atoms with Crippen molar-refractivity contribution in [3.8, 4) is 0 Å². The van der Waals surface area contributed by atoms with Crippen molar-refractivity contribution in [1.82, 2.24) is 0 Å². The second-order valence-corrected chi connectivity index (χ2v) is 2.89. The zero-order chi connectivity index (χ0) is 9.30. The Morgan fingerprint density at radius 1 is 1.15 bits per heavy atom. The van der Waals surface area contributed by atoms with Crippen LogP contribution in [0.3, 0.4) is 0 Å². The van der Waals surface area contributed by atoms with E-state index < -0.39 is 37.3 Å². The third-order valence-electron chi connectivity index (χ3n) is 2.03. The third kappa shape index (κ3) is 2.37. The Kier molecular flexibility index (Phi) is 4.76. The maximum atomic E-state index is 9.25. The van der Waals surface area contributed by atoms with E-state index in [9.17, 15) is 10.2 Å². The van der Waals surface area contributed by atoms with Crippen molar-refractivity contribution >= 4 is 0 Å². The molecule has 3 unspecified atom stereocenters. The number of quaternary nitrogens is 1. The molecule has 80 valence electrons. The number of hydrogen-bond donors (Lipinski definition) is 5. The van der Waals surface area contributed by atoms with Gasteiger partial charge in [0.2, 0.25) is 6.29 Å². The van der Waals surface area contributed by atoms with Crippen molar-refractivity contribution in [2.45, 2.75) is 38.1 Å². The summed E-state index contributed by atoms with van der Waals surface area (Å²) < 4.78 is 4.76. The number of hydrogen-bond acceptors (Lipinski definition) is 5. The molecule has 0 aromatic heterocycles. The van der Waals surface area contributed by atoms with Gasteiger partial charge in [-0.15, -0.1) is 0 Å². The van der Waals surface area contributed by atoms with E-state index in [1.807, 2.05) is 0 Å². The molecule has 0 aromatic rings. The van der Waals surface area contributed by atoms with E-state index >= 15 is 0 Å². The van der Waals surface area contributed by atoms with Crippen molar-refractivity contribution < 1.29 is 30.9 Å². The highest BCUT2D eigenvalue weighted by atomic mass is 16.6. The third-order valence-corrected chi connectivity index (χ3v) is 2.03. The van der Waals surface area contributed by atoms with Gasteiger partial charge in [0.15, 0.2) is 6.04 Å². The second-order valence-electron chi connectivity index (χ2n) is 2.89. The lowest BCUT2D eigenvalue weighted by atomic mass is 9.98. The molecule has 0 spiro atoms. The highest BCUT2D eigenvalue weighted by Crippen LogP contribution is 2.16. The molecule has 0 aliphatic carbocycles. The van der Waals surface area contributed by atoms with Crippen LogP contribution < -0.4 is 5.73 Å². The van der Waals surface area contributed by atoms with Crippen molar-refractivity contribution in [2.24, 2.45) is 0 Å². The van der Waals surface area contributed by atoms with E-state index in [-0.39, 0.29) is 7.43 Å². The average molecular weight is 196 g/mol. The Hall–Kier alpha value is -0.240. The summed E-state index contributed by atoms with van der Waals surface area (Å²) in [7, 11) is 0. The first-order chi connectivity index (χ1) is 5.57. The average Bonchev–Trinajstić information content (AvgIpc) is 2.08. The minimum Gasteiger partial charge on any atom is -0.394 e. The van der Waals surface area contributed by atoms with Gasteiger partial charge in [0, 0.05) is 0 Å². The first kappa shape index (κ1) is 12.8. The van der Waals surface area contributed by atoms with Gasteiger partial charge < -0.3 is 30.9 Å². The largest absolute Gasteiger partial charge is 0.394 e. The van der Waals surface area contributed by atoms with Crippen LogP contribution >= 0.6 is 0 Å². The molecule has 6 heteroatoms. The van der Waals surface area contributed by atoms with Gasteiger partial charge >= 0.3 is 0 Å². The molecule has 1 aliphatic rings. The van der Waals surface area contributed by atoms with Gasteiger partial charge in [-0.3, -0.25) is 0 Å². The molecule has 7 N–H and O–H groups in total. The highest BCUT2D eigenvalue weighted by Gasteiger charge is 2.43. The fourth-order valence-corrected chi connectivity index (χ4v) is 1.15. The van der Waals surface area contributed by atoms with Gasteiger partial charge in [-0.2, -0.15) is 0 Å². The molecule has 1 aliphatic heterocycles. The monoisotopic (exact) mass is 196 g/mol. The zero-order valence-electron chi connectivity index (χ0n) is 6.50. The highest BCUT2D eigenvalue weighted by molar-refractivity contribution is 4.87. The topological polar surface area (TPSA) is 118 Å². The minimum atomic E-state index is -1.24. The molecular formula is C7H18NO5+. The zero-order valence-corrected chi connectivity index (χ0v) is 6.50. The lowest BCUT2D eigenvalue weighted by molar-refractivity contribution is -0.497. The van der Waals surface area contributed by atoms with Crippen LogP contribution in [0.2, 0.25) is 0 Å². The quantitative estimate of drug-likeness (QED) is 0.300. The van der Waals surface area contributed by atoms with E-state index in [4.69, 9.17) is 14.9 Å². The number of ether oxygens (including phenoxy) is 1. The summed E-state index contributed by atoms with van der Waals surface area (Å²) in [6.45, 7) is -0.442.